The van der Waals surface area contributed by atoms with E-state index in [9.17, 15) is 14.0 Å². The van der Waals surface area contributed by atoms with Crippen LogP contribution in [-0.2, 0) is 33.3 Å². The van der Waals surface area contributed by atoms with Crippen molar-refractivity contribution in [3.05, 3.63) is 41.7 Å². The van der Waals surface area contributed by atoms with Crippen LogP contribution in [0, 0.1) is 5.92 Å². The molecule has 1 amide bonds. The third kappa shape index (κ3) is 4.17. The van der Waals surface area contributed by atoms with Gasteiger partial charge in [0, 0.05) is 24.6 Å². The van der Waals surface area contributed by atoms with E-state index in [1.54, 1.807) is 17.9 Å². The van der Waals surface area contributed by atoms with Gasteiger partial charge in [-0.25, -0.2) is 9.18 Å². The van der Waals surface area contributed by atoms with E-state index in [1.807, 2.05) is 12.1 Å². The van der Waals surface area contributed by atoms with Crippen molar-refractivity contribution >= 4 is 12.1 Å². The number of aryl methyl sites for hydroxylation is 1. The highest BCUT2D eigenvalue weighted by Gasteiger charge is 2.62. The number of carbonyl (C=O) groups excluding carboxylic acids is 1. The van der Waals surface area contributed by atoms with E-state index >= 15 is 0 Å². The lowest BCUT2D eigenvalue weighted by molar-refractivity contribution is -0.143. The molecule has 1 aromatic carbocycles. The van der Waals surface area contributed by atoms with Gasteiger partial charge in [-0.3, -0.25) is 9.48 Å². The van der Waals surface area contributed by atoms with Gasteiger partial charge in [0.15, 0.2) is 0 Å². The van der Waals surface area contributed by atoms with E-state index in [0.717, 1.165) is 35.2 Å². The molecule has 0 radical (unpaired) electrons. The fourth-order valence-electron chi connectivity index (χ4n) is 5.46. The summed E-state index contributed by atoms with van der Waals surface area (Å²) >= 11 is 0. The van der Waals surface area contributed by atoms with E-state index in [4.69, 9.17) is 14.6 Å². The third-order valence-corrected chi connectivity index (χ3v) is 7.68. The number of carboxylic acids is 1. The number of aliphatic carboxylic acids is 1. The maximum Gasteiger partial charge on any atom is 0.410 e. The summed E-state index contributed by atoms with van der Waals surface area (Å²) in [4.78, 5) is 24.8. The quantitative estimate of drug-likeness (QED) is 0.691. The second-order valence-corrected chi connectivity index (χ2v) is 10.2. The number of fused-ring (bicyclic) bond motifs is 1. The first-order valence-electron chi connectivity index (χ1n) is 11.7. The number of halogens is 1. The normalized spacial score (nSPS) is 30.1. The van der Waals surface area contributed by atoms with Gasteiger partial charge in [0.2, 0.25) is 0 Å². The number of ether oxygens (including phenoxy) is 2. The molecule has 3 aliphatic rings. The number of rotatable bonds is 6. The maximum atomic E-state index is 13.4. The summed E-state index contributed by atoms with van der Waals surface area (Å²) in [5.41, 5.74) is 3.12. The van der Waals surface area contributed by atoms with Crippen molar-refractivity contribution in [3.8, 4) is 11.1 Å². The van der Waals surface area contributed by atoms with Crippen LogP contribution in [0.3, 0.4) is 0 Å². The lowest BCUT2D eigenvalue weighted by atomic mass is 9.76. The van der Waals surface area contributed by atoms with Crippen LogP contribution in [0.4, 0.5) is 9.18 Å². The summed E-state index contributed by atoms with van der Waals surface area (Å²) in [6.45, 7) is 3.18. The van der Waals surface area contributed by atoms with Crippen LogP contribution >= 0.6 is 0 Å². The van der Waals surface area contributed by atoms with Crippen molar-refractivity contribution < 1.29 is 28.6 Å². The Morgan fingerprint density at radius 3 is 2.71 bits per heavy atom. The smallest absolute Gasteiger partial charge is 0.410 e. The number of benzene rings is 1. The molecule has 0 bridgehead atoms. The van der Waals surface area contributed by atoms with Gasteiger partial charge in [-0.05, 0) is 36.3 Å². The van der Waals surface area contributed by atoms with Crippen LogP contribution in [0.2, 0.25) is 0 Å². The van der Waals surface area contributed by atoms with Gasteiger partial charge >= 0.3 is 12.1 Å². The maximum absolute atomic E-state index is 13.4. The molecule has 1 saturated carbocycles. The Morgan fingerprint density at radius 2 is 2.06 bits per heavy atom. The summed E-state index contributed by atoms with van der Waals surface area (Å²) in [6.07, 6.45) is 2.41. The average Bonchev–Trinajstić information content (AvgIpc) is 3.10. The van der Waals surface area contributed by atoms with Crippen molar-refractivity contribution in [3.63, 3.8) is 0 Å². The topological polar surface area (TPSA) is 93.9 Å². The zero-order chi connectivity index (χ0) is 24.1. The van der Waals surface area contributed by atoms with Crippen molar-refractivity contribution in [1.29, 1.82) is 0 Å². The minimum atomic E-state index is -0.983. The van der Waals surface area contributed by atoms with E-state index in [1.165, 1.54) is 4.90 Å². The van der Waals surface area contributed by atoms with Gasteiger partial charge in [0.1, 0.15) is 12.8 Å². The molecule has 2 saturated heterocycles. The van der Waals surface area contributed by atoms with Crippen LogP contribution in [0.5, 0.6) is 0 Å². The Hall–Kier alpha value is -2.94. The highest BCUT2D eigenvalue weighted by Crippen LogP contribution is 2.59. The molecule has 2 aromatic rings. The fourth-order valence-corrected chi connectivity index (χ4v) is 5.46. The first-order chi connectivity index (χ1) is 16.2. The molecule has 3 heterocycles. The molecule has 3 fully saturated rings. The molecule has 8 nitrogen and oxygen atoms in total. The molecule has 182 valence electrons. The fraction of sp³-hybridized carbons (Fsp3) is 0.560. The zero-order valence-electron chi connectivity index (χ0n) is 19.5. The highest BCUT2D eigenvalue weighted by molar-refractivity contribution is 5.70. The molecule has 1 aliphatic carbocycles. The summed E-state index contributed by atoms with van der Waals surface area (Å²) in [5.74, 6) is -0.523. The van der Waals surface area contributed by atoms with E-state index in [2.05, 4.69) is 24.2 Å². The van der Waals surface area contributed by atoms with E-state index < -0.39 is 23.8 Å². The number of likely N-dealkylation sites (tertiary alicyclic amines) is 1. The predicted molar refractivity (Wildman–Crippen MR) is 121 cm³/mol. The molecule has 5 rings (SSSR count). The first kappa shape index (κ1) is 22.8. The van der Waals surface area contributed by atoms with E-state index in [-0.39, 0.29) is 30.9 Å². The van der Waals surface area contributed by atoms with Gasteiger partial charge in [0.05, 0.1) is 37.1 Å². The molecule has 0 spiro atoms. The minimum Gasteiger partial charge on any atom is -0.481 e. The molecule has 4 atom stereocenters. The van der Waals surface area contributed by atoms with Gasteiger partial charge in [-0.1, -0.05) is 31.2 Å². The number of amides is 1. The molecular weight excluding hydrogens is 441 g/mol. The largest absolute Gasteiger partial charge is 0.481 e. The monoisotopic (exact) mass is 471 g/mol. The van der Waals surface area contributed by atoms with Crippen molar-refractivity contribution in [2.45, 2.75) is 56.4 Å². The summed E-state index contributed by atoms with van der Waals surface area (Å²) in [7, 11) is 1.80. The average molecular weight is 472 g/mol. The van der Waals surface area contributed by atoms with Crippen LogP contribution in [0.15, 0.2) is 30.5 Å². The number of alkyl halides is 1. The molecule has 9 heteroatoms. The predicted octanol–water partition coefficient (Wildman–Crippen LogP) is 3.68. The molecule has 3 unspecified atom stereocenters. The minimum absolute atomic E-state index is 0.0543. The Balaban J connectivity index is 1.26. The van der Waals surface area contributed by atoms with Crippen LogP contribution in [-0.4, -0.2) is 63.3 Å². The molecule has 1 aromatic heterocycles. The number of carbonyl (C=O) groups is 2. The Bertz CT molecular complexity index is 1100. The van der Waals surface area contributed by atoms with Gasteiger partial charge in [-0.2, -0.15) is 5.10 Å². The van der Waals surface area contributed by atoms with Crippen molar-refractivity contribution in [2.75, 3.05) is 19.7 Å². The molecular formula is C25H30FN3O5. The number of hydrogen-bond acceptors (Lipinski definition) is 5. The number of carboxylic acid groups (broad SMARTS) is 1. The van der Waals surface area contributed by atoms with Crippen LogP contribution in [0.25, 0.3) is 11.1 Å². The zero-order valence-corrected chi connectivity index (χ0v) is 19.5. The third-order valence-electron chi connectivity index (χ3n) is 7.68. The molecule has 1 N–H and O–H groups in total. The number of hydrogen-bond donors (Lipinski definition) is 1. The molecule has 34 heavy (non-hydrogen) atoms. The lowest BCUT2D eigenvalue weighted by Crippen LogP contribution is -2.39. The van der Waals surface area contributed by atoms with Crippen molar-refractivity contribution in [1.82, 2.24) is 14.7 Å². The van der Waals surface area contributed by atoms with Crippen LogP contribution < -0.4 is 0 Å². The summed E-state index contributed by atoms with van der Waals surface area (Å²) in [6, 6.07) is 8.23. The molecule has 2 aliphatic heterocycles. The van der Waals surface area contributed by atoms with Crippen LogP contribution in [0.1, 0.15) is 43.9 Å². The number of aromatic nitrogens is 2. The van der Waals surface area contributed by atoms with Gasteiger partial charge in [0.25, 0.3) is 0 Å². The number of nitrogens with zero attached hydrogens (tertiary/aromatic N) is 3. The SMILES string of the molecule is Cn1ncc(-c2ccc(C3(C)COC4(CC(=O)O)CC4C3)cc2)c1COC(=O)N1CC[C@H](F)C1. The van der Waals surface area contributed by atoms with Crippen molar-refractivity contribution in [2.24, 2.45) is 13.0 Å². The standard InChI is InChI=1S/C25H30FN3O5/c1-24(9-18-10-25(18,34-15-24)11-22(30)31)17-5-3-16(4-6-17)20-12-27-28(2)21(20)14-33-23(32)29-8-7-19(26)13-29/h3-6,12,18-19H,7-11,13-15H2,1-2H3,(H,30,31)/t18?,19-,24?,25?/m0/s1. The Labute approximate surface area is 197 Å². The second-order valence-electron chi connectivity index (χ2n) is 10.2. The lowest BCUT2D eigenvalue weighted by Gasteiger charge is -2.37. The van der Waals surface area contributed by atoms with E-state index in [0.29, 0.717) is 19.6 Å². The summed E-state index contributed by atoms with van der Waals surface area (Å²) < 4.78 is 26.6. The Morgan fingerprint density at radius 1 is 1.29 bits per heavy atom. The second kappa shape index (κ2) is 8.37. The van der Waals surface area contributed by atoms with Gasteiger partial charge < -0.3 is 19.5 Å². The highest BCUT2D eigenvalue weighted by atomic mass is 19.1. The Kier molecular flexibility index (Phi) is 5.62. The summed E-state index contributed by atoms with van der Waals surface area (Å²) in [5, 5.41) is 13.5. The first-order valence-corrected chi connectivity index (χ1v) is 11.7. The van der Waals surface area contributed by atoms with Gasteiger partial charge in [-0.15, -0.1) is 0 Å².